The minimum absolute atomic E-state index is 0.204. The Balaban J connectivity index is 1.67. The molecule has 0 atom stereocenters. The number of anilines is 1. The Kier molecular flexibility index (Phi) is 6.61. The minimum Gasteiger partial charge on any atom is -0.386 e. The number of nitrogens with one attached hydrogen (secondary N) is 1. The summed E-state index contributed by atoms with van der Waals surface area (Å²) in [7, 11) is 0. The fourth-order valence-electron chi connectivity index (χ4n) is 4.83. The van der Waals surface area contributed by atoms with E-state index in [2.05, 4.69) is 29.1 Å². The molecule has 3 aromatic rings. The molecule has 2 aromatic heterocycles. The molecule has 0 radical (unpaired) electrons. The standard InChI is InChI=1S/C25H30F3N5O2/c1-14(2)15-5-7-17(8-6-15)33-12-16-9-21(19(24(3,4)35)10-20(16)32-33)31-23(34)18-11-29-13-30-22(18)25(26,27)28/h9-15,17,35H,5-8H2,1-4H3,(H,31,34)/t15-,17-. The maximum absolute atomic E-state index is 13.4. The fourth-order valence-corrected chi connectivity index (χ4v) is 4.83. The molecule has 0 spiro atoms. The highest BCUT2D eigenvalue weighted by Gasteiger charge is 2.37. The van der Waals surface area contributed by atoms with Crippen LogP contribution in [0, 0.1) is 11.8 Å². The van der Waals surface area contributed by atoms with Crippen molar-refractivity contribution in [2.45, 2.75) is 71.2 Å². The predicted molar refractivity (Wildman–Crippen MR) is 126 cm³/mol. The van der Waals surface area contributed by atoms with Crippen molar-refractivity contribution in [2.75, 3.05) is 5.32 Å². The molecule has 2 heterocycles. The topological polar surface area (TPSA) is 92.9 Å². The maximum Gasteiger partial charge on any atom is 0.434 e. The van der Waals surface area contributed by atoms with Gasteiger partial charge < -0.3 is 10.4 Å². The second-order valence-electron chi connectivity index (χ2n) is 10.2. The number of hydrogen-bond donors (Lipinski definition) is 2. The molecule has 2 N–H and O–H groups in total. The zero-order valence-electron chi connectivity index (χ0n) is 20.2. The van der Waals surface area contributed by atoms with E-state index in [0.29, 0.717) is 22.9 Å². The molecule has 1 aliphatic rings. The third-order valence-electron chi connectivity index (χ3n) is 6.85. The summed E-state index contributed by atoms with van der Waals surface area (Å²) < 4.78 is 42.0. The number of fused-ring (bicyclic) bond motifs is 1. The summed E-state index contributed by atoms with van der Waals surface area (Å²) in [5.41, 5.74) is -2.20. The van der Waals surface area contributed by atoms with Crippen LogP contribution in [0.2, 0.25) is 0 Å². The first kappa shape index (κ1) is 25.1. The lowest BCUT2D eigenvalue weighted by molar-refractivity contribution is -0.141. The fraction of sp³-hybridized carbons (Fsp3) is 0.520. The molecule has 1 saturated carbocycles. The quantitative estimate of drug-likeness (QED) is 0.479. The van der Waals surface area contributed by atoms with Gasteiger partial charge in [0.2, 0.25) is 0 Å². The number of halogens is 3. The molecule has 35 heavy (non-hydrogen) atoms. The van der Waals surface area contributed by atoms with Gasteiger partial charge in [0.25, 0.3) is 5.91 Å². The zero-order chi connectivity index (χ0) is 25.5. The van der Waals surface area contributed by atoms with Crippen LogP contribution in [0.4, 0.5) is 18.9 Å². The maximum atomic E-state index is 13.4. The SMILES string of the molecule is CC(C)[C@H]1CC[C@H](n2cc3cc(NC(=O)c4cncnc4C(F)(F)F)c(C(C)(C)O)cc3n2)CC1. The third-order valence-corrected chi connectivity index (χ3v) is 6.85. The van der Waals surface area contributed by atoms with Gasteiger partial charge in [-0.15, -0.1) is 0 Å². The number of alkyl halides is 3. The lowest BCUT2D eigenvalue weighted by Crippen LogP contribution is -2.23. The van der Waals surface area contributed by atoms with E-state index >= 15 is 0 Å². The molecule has 0 saturated heterocycles. The molecule has 1 fully saturated rings. The van der Waals surface area contributed by atoms with Gasteiger partial charge in [0.1, 0.15) is 6.33 Å². The van der Waals surface area contributed by atoms with Gasteiger partial charge in [0.15, 0.2) is 5.69 Å². The summed E-state index contributed by atoms with van der Waals surface area (Å²) in [5.74, 6) is 0.353. The summed E-state index contributed by atoms with van der Waals surface area (Å²) in [6.07, 6.45) is 2.97. The van der Waals surface area contributed by atoms with Crippen molar-refractivity contribution >= 4 is 22.5 Å². The van der Waals surface area contributed by atoms with Crippen LogP contribution in [0.3, 0.4) is 0 Å². The Morgan fingerprint density at radius 2 is 1.86 bits per heavy atom. The van der Waals surface area contributed by atoms with E-state index < -0.39 is 28.9 Å². The first-order valence-electron chi connectivity index (χ1n) is 11.8. The smallest absolute Gasteiger partial charge is 0.386 e. The number of aliphatic hydroxyl groups is 1. The summed E-state index contributed by atoms with van der Waals surface area (Å²) in [5, 5.41) is 18.7. The van der Waals surface area contributed by atoms with Crippen molar-refractivity contribution < 1.29 is 23.1 Å². The summed E-state index contributed by atoms with van der Waals surface area (Å²) in [4.78, 5) is 19.7. The summed E-state index contributed by atoms with van der Waals surface area (Å²) in [6, 6.07) is 3.57. The minimum atomic E-state index is -4.81. The van der Waals surface area contributed by atoms with Crippen molar-refractivity contribution in [3.8, 4) is 0 Å². The van der Waals surface area contributed by atoms with Gasteiger partial charge >= 0.3 is 6.18 Å². The Labute approximate surface area is 201 Å². The van der Waals surface area contributed by atoms with Crippen LogP contribution in [0.25, 0.3) is 10.9 Å². The van der Waals surface area contributed by atoms with Crippen LogP contribution >= 0.6 is 0 Å². The molecule has 0 aliphatic heterocycles. The van der Waals surface area contributed by atoms with Crippen molar-refractivity contribution in [1.82, 2.24) is 19.7 Å². The van der Waals surface area contributed by atoms with E-state index in [4.69, 9.17) is 5.10 Å². The number of hydrogen-bond acceptors (Lipinski definition) is 5. The molecular weight excluding hydrogens is 459 g/mol. The van der Waals surface area contributed by atoms with Gasteiger partial charge in [-0.2, -0.15) is 18.3 Å². The summed E-state index contributed by atoms with van der Waals surface area (Å²) >= 11 is 0. The zero-order valence-corrected chi connectivity index (χ0v) is 20.2. The van der Waals surface area contributed by atoms with Gasteiger partial charge in [-0.05, 0) is 63.5 Å². The second kappa shape index (κ2) is 9.22. The number of carbonyl (C=O) groups is 1. The molecule has 1 aromatic carbocycles. The average molecular weight is 490 g/mol. The van der Waals surface area contributed by atoms with Crippen LogP contribution in [0.5, 0.6) is 0 Å². The number of aromatic nitrogens is 4. The van der Waals surface area contributed by atoms with Gasteiger partial charge in [-0.25, -0.2) is 9.97 Å². The van der Waals surface area contributed by atoms with Crippen molar-refractivity contribution in [3.63, 3.8) is 0 Å². The van der Waals surface area contributed by atoms with E-state index in [1.165, 1.54) is 0 Å². The van der Waals surface area contributed by atoms with Crippen LogP contribution < -0.4 is 5.32 Å². The highest BCUT2D eigenvalue weighted by molar-refractivity contribution is 6.06. The normalized spacial score (nSPS) is 19.3. The van der Waals surface area contributed by atoms with Crippen LogP contribution in [-0.4, -0.2) is 30.8 Å². The van der Waals surface area contributed by atoms with E-state index in [9.17, 15) is 23.1 Å². The van der Waals surface area contributed by atoms with Crippen molar-refractivity contribution in [1.29, 1.82) is 0 Å². The Hall–Kier alpha value is -3.01. The summed E-state index contributed by atoms with van der Waals surface area (Å²) in [6.45, 7) is 7.59. The molecule has 0 bridgehead atoms. The Morgan fingerprint density at radius 3 is 2.46 bits per heavy atom. The highest BCUT2D eigenvalue weighted by atomic mass is 19.4. The number of amides is 1. The van der Waals surface area contributed by atoms with Crippen molar-refractivity contribution in [2.24, 2.45) is 11.8 Å². The largest absolute Gasteiger partial charge is 0.434 e. The van der Waals surface area contributed by atoms with Crippen LogP contribution in [-0.2, 0) is 11.8 Å². The number of rotatable bonds is 5. The second-order valence-corrected chi connectivity index (χ2v) is 10.2. The Morgan fingerprint density at radius 1 is 1.17 bits per heavy atom. The molecule has 188 valence electrons. The molecule has 10 heteroatoms. The molecule has 1 amide bonds. The predicted octanol–water partition coefficient (Wildman–Crippen LogP) is 5.71. The first-order chi connectivity index (χ1) is 16.3. The first-order valence-corrected chi connectivity index (χ1v) is 11.8. The molecule has 4 rings (SSSR count). The Bertz CT molecular complexity index is 1220. The van der Waals surface area contributed by atoms with E-state index in [-0.39, 0.29) is 11.7 Å². The van der Waals surface area contributed by atoms with E-state index in [1.807, 2.05) is 10.9 Å². The molecule has 1 aliphatic carbocycles. The van der Waals surface area contributed by atoms with Crippen LogP contribution in [0.15, 0.2) is 30.9 Å². The van der Waals surface area contributed by atoms with Gasteiger partial charge in [0.05, 0.1) is 22.7 Å². The van der Waals surface area contributed by atoms with Gasteiger partial charge in [-0.3, -0.25) is 9.48 Å². The highest BCUT2D eigenvalue weighted by Crippen LogP contribution is 2.38. The third kappa shape index (κ3) is 5.32. The van der Waals surface area contributed by atoms with Crippen LogP contribution in [0.1, 0.15) is 81.0 Å². The number of benzene rings is 1. The lowest BCUT2D eigenvalue weighted by atomic mass is 9.80. The lowest BCUT2D eigenvalue weighted by Gasteiger charge is -2.30. The monoisotopic (exact) mass is 489 g/mol. The van der Waals surface area contributed by atoms with Gasteiger partial charge in [0, 0.05) is 29.0 Å². The van der Waals surface area contributed by atoms with E-state index in [1.54, 1.807) is 26.0 Å². The number of carbonyl (C=O) groups excluding carboxylic acids is 1. The van der Waals surface area contributed by atoms with Crippen molar-refractivity contribution in [3.05, 3.63) is 47.7 Å². The molecule has 7 nitrogen and oxygen atoms in total. The average Bonchev–Trinajstić information content (AvgIpc) is 3.20. The molecular formula is C25H30F3N5O2. The number of nitrogens with zero attached hydrogens (tertiary/aromatic N) is 4. The van der Waals surface area contributed by atoms with Gasteiger partial charge in [-0.1, -0.05) is 13.8 Å². The van der Waals surface area contributed by atoms with E-state index in [0.717, 1.165) is 43.6 Å². The molecule has 0 unspecified atom stereocenters.